The predicted molar refractivity (Wildman–Crippen MR) is 60.4 cm³/mol. The molecule has 4 heteroatoms. The summed E-state index contributed by atoms with van der Waals surface area (Å²) in [5.74, 6) is 0. The maximum atomic E-state index is 5.03. The van der Waals surface area contributed by atoms with Crippen LogP contribution in [0.15, 0.2) is 35.8 Å². The highest BCUT2D eigenvalue weighted by atomic mass is 16.6. The Morgan fingerprint density at radius 3 is 2.23 bits per heavy atom. The third-order valence-electron chi connectivity index (χ3n) is 1.75. The van der Waals surface area contributed by atoms with Gasteiger partial charge in [-0.15, -0.1) is 0 Å². The summed E-state index contributed by atoms with van der Waals surface area (Å²) in [6.45, 7) is 5.83. The van der Waals surface area contributed by atoms with Crippen LogP contribution in [0.25, 0.3) is 0 Å². The monoisotopic (exact) mass is 178 g/mol. The van der Waals surface area contributed by atoms with Gasteiger partial charge in [0.1, 0.15) is 7.85 Å². The van der Waals surface area contributed by atoms with E-state index in [1.165, 1.54) is 5.47 Å². The van der Waals surface area contributed by atoms with Crippen LogP contribution >= 0.6 is 0 Å². The Labute approximate surface area is 81.9 Å². The summed E-state index contributed by atoms with van der Waals surface area (Å²) in [5, 5.41) is 0. The van der Waals surface area contributed by atoms with Crippen LogP contribution in [0.2, 0.25) is 0 Å². The van der Waals surface area contributed by atoms with Crippen LogP contribution in [-0.2, 0) is 9.31 Å². The molecule has 0 radical (unpaired) electrons. The lowest BCUT2D eigenvalue weighted by molar-refractivity contribution is 0.288. The van der Waals surface area contributed by atoms with E-state index in [0.29, 0.717) is 0 Å². The van der Waals surface area contributed by atoms with E-state index in [0.717, 1.165) is 5.47 Å². The molecular weight excluding hydrogens is 162 g/mol. The van der Waals surface area contributed by atoms with Crippen LogP contribution in [0.5, 0.6) is 0 Å². The Morgan fingerprint density at radius 2 is 1.85 bits per heavy atom. The van der Waals surface area contributed by atoms with Gasteiger partial charge < -0.3 is 9.31 Å². The van der Waals surface area contributed by atoms with E-state index >= 15 is 0 Å². The molecule has 0 saturated carbocycles. The van der Waals surface area contributed by atoms with Crippen LogP contribution < -0.4 is 0 Å². The molecule has 13 heavy (non-hydrogen) atoms. The molecule has 0 saturated heterocycles. The van der Waals surface area contributed by atoms with Gasteiger partial charge >= 0.3 is 7.12 Å². The van der Waals surface area contributed by atoms with Gasteiger partial charge in [-0.25, -0.2) is 0 Å². The standard InChI is InChI=1S/C9H16B2O2/c1-5-9(10)7-6-8(2)11(12-3)13-4/h5-7H,2,10H2,1,3-4H3/b7-6-,9-5+. The largest absolute Gasteiger partial charge is 0.492 e. The van der Waals surface area contributed by atoms with E-state index < -0.39 is 0 Å². The summed E-state index contributed by atoms with van der Waals surface area (Å²) in [4.78, 5) is 0. The Morgan fingerprint density at radius 1 is 1.31 bits per heavy atom. The molecule has 0 aliphatic rings. The summed E-state index contributed by atoms with van der Waals surface area (Å²) >= 11 is 0. The average molecular weight is 178 g/mol. The molecule has 0 aromatic carbocycles. The molecule has 0 unspecified atom stereocenters. The first-order chi connectivity index (χ1) is 6.15. The Kier molecular flexibility index (Phi) is 6.37. The molecule has 0 spiro atoms. The minimum absolute atomic E-state index is 0.346. The number of rotatable bonds is 5. The number of allylic oxidation sites excluding steroid dienone is 5. The highest BCUT2D eigenvalue weighted by molar-refractivity contribution is 6.54. The predicted octanol–water partition coefficient (Wildman–Crippen LogP) is 0.956. The molecule has 0 atom stereocenters. The normalized spacial score (nSPS) is 12.1. The van der Waals surface area contributed by atoms with E-state index in [9.17, 15) is 0 Å². The second-order valence-corrected chi connectivity index (χ2v) is 2.74. The fourth-order valence-corrected chi connectivity index (χ4v) is 0.812. The van der Waals surface area contributed by atoms with Crippen molar-refractivity contribution in [2.75, 3.05) is 14.2 Å². The maximum absolute atomic E-state index is 5.03. The van der Waals surface area contributed by atoms with Gasteiger partial charge in [-0.05, 0) is 12.4 Å². The Hall–Kier alpha value is -0.730. The molecule has 0 aliphatic heterocycles. The van der Waals surface area contributed by atoms with Crippen LogP contribution in [0, 0.1) is 0 Å². The van der Waals surface area contributed by atoms with E-state index in [1.54, 1.807) is 14.2 Å². The number of hydrogen-bond donors (Lipinski definition) is 0. The molecule has 0 aliphatic carbocycles. The molecule has 0 fully saturated rings. The lowest BCUT2D eigenvalue weighted by Gasteiger charge is -2.07. The quantitative estimate of drug-likeness (QED) is 0.460. The van der Waals surface area contributed by atoms with Crippen molar-refractivity contribution >= 4 is 15.0 Å². The molecule has 0 heterocycles. The van der Waals surface area contributed by atoms with Gasteiger partial charge in [0.2, 0.25) is 0 Å². The van der Waals surface area contributed by atoms with E-state index in [2.05, 4.69) is 6.58 Å². The Bertz CT molecular complexity index is 218. The molecule has 0 bridgehead atoms. The van der Waals surface area contributed by atoms with Gasteiger partial charge in [-0.1, -0.05) is 30.3 Å². The van der Waals surface area contributed by atoms with Gasteiger partial charge in [0.15, 0.2) is 0 Å². The van der Waals surface area contributed by atoms with Crippen molar-refractivity contribution in [3.63, 3.8) is 0 Å². The first-order valence-electron chi connectivity index (χ1n) is 4.21. The van der Waals surface area contributed by atoms with Gasteiger partial charge in [-0.3, -0.25) is 0 Å². The van der Waals surface area contributed by atoms with E-state index in [-0.39, 0.29) is 7.12 Å². The fourth-order valence-electron chi connectivity index (χ4n) is 0.812. The minimum atomic E-state index is -0.346. The third kappa shape index (κ3) is 4.76. The highest BCUT2D eigenvalue weighted by Gasteiger charge is 2.16. The summed E-state index contributed by atoms with van der Waals surface area (Å²) in [7, 11) is 4.87. The first-order valence-corrected chi connectivity index (χ1v) is 4.21. The van der Waals surface area contributed by atoms with Crippen LogP contribution in [0.4, 0.5) is 0 Å². The molecule has 0 amide bonds. The lowest BCUT2D eigenvalue weighted by atomic mass is 9.78. The topological polar surface area (TPSA) is 18.5 Å². The summed E-state index contributed by atoms with van der Waals surface area (Å²) in [6.07, 6.45) is 5.90. The molecule has 70 valence electrons. The average Bonchev–Trinajstić information content (AvgIpc) is 2.16. The molecule has 0 aromatic rings. The molecule has 2 nitrogen and oxygen atoms in total. The van der Waals surface area contributed by atoms with Crippen molar-refractivity contribution in [2.24, 2.45) is 0 Å². The van der Waals surface area contributed by atoms with Crippen LogP contribution in [0.1, 0.15) is 6.92 Å². The van der Waals surface area contributed by atoms with Crippen molar-refractivity contribution in [3.05, 3.63) is 35.8 Å². The maximum Gasteiger partial charge on any atom is 0.492 e. The van der Waals surface area contributed by atoms with E-state index in [4.69, 9.17) is 9.31 Å². The lowest BCUT2D eigenvalue weighted by Crippen LogP contribution is -2.20. The summed E-state index contributed by atoms with van der Waals surface area (Å²) < 4.78 is 10.1. The van der Waals surface area contributed by atoms with Gasteiger partial charge in [0, 0.05) is 14.2 Å². The third-order valence-corrected chi connectivity index (χ3v) is 1.75. The number of hydrogen-bond acceptors (Lipinski definition) is 2. The molecule has 0 aromatic heterocycles. The fraction of sp³-hybridized carbons (Fsp3) is 0.333. The highest BCUT2D eigenvalue weighted by Crippen LogP contribution is 2.03. The first kappa shape index (κ1) is 12.3. The van der Waals surface area contributed by atoms with Crippen molar-refractivity contribution in [3.8, 4) is 0 Å². The van der Waals surface area contributed by atoms with Gasteiger partial charge in [-0.2, -0.15) is 0 Å². The second kappa shape index (κ2) is 6.75. The SMILES string of the molecule is BC(/C=C\C(=C)B(OC)OC)=C/C. The Balaban J connectivity index is 4.20. The van der Waals surface area contributed by atoms with Crippen LogP contribution in [-0.4, -0.2) is 29.2 Å². The zero-order chi connectivity index (χ0) is 10.3. The van der Waals surface area contributed by atoms with Crippen molar-refractivity contribution in [2.45, 2.75) is 6.92 Å². The van der Waals surface area contributed by atoms with Crippen LogP contribution in [0.3, 0.4) is 0 Å². The minimum Gasteiger partial charge on any atom is -0.410 e. The molecule has 0 rings (SSSR count). The van der Waals surface area contributed by atoms with Crippen molar-refractivity contribution in [1.82, 2.24) is 0 Å². The summed E-state index contributed by atoms with van der Waals surface area (Å²) in [6, 6.07) is 0. The smallest absolute Gasteiger partial charge is 0.410 e. The molecule has 0 N–H and O–H groups in total. The summed E-state index contributed by atoms with van der Waals surface area (Å²) in [5.41, 5.74) is 2.00. The second-order valence-electron chi connectivity index (χ2n) is 2.74. The van der Waals surface area contributed by atoms with Crippen molar-refractivity contribution < 1.29 is 9.31 Å². The van der Waals surface area contributed by atoms with E-state index in [1.807, 2.05) is 33.0 Å². The van der Waals surface area contributed by atoms with Gasteiger partial charge in [0.05, 0.1) is 0 Å². The van der Waals surface area contributed by atoms with Gasteiger partial charge in [0.25, 0.3) is 0 Å². The zero-order valence-corrected chi connectivity index (χ0v) is 8.83. The zero-order valence-electron chi connectivity index (χ0n) is 8.83. The molecular formula is C9H16B2O2. The van der Waals surface area contributed by atoms with Crippen molar-refractivity contribution in [1.29, 1.82) is 0 Å².